The van der Waals surface area contributed by atoms with Crippen LogP contribution in [0.25, 0.3) is 0 Å². The maximum absolute atomic E-state index is 8.97. The molecular formula is C15H17N3O. The van der Waals surface area contributed by atoms with E-state index < -0.39 is 0 Å². The first-order chi connectivity index (χ1) is 9.28. The minimum absolute atomic E-state index is 0.561. The predicted octanol–water partition coefficient (Wildman–Crippen LogP) is 2.76. The smallest absolute Gasteiger partial charge is 0.136 e. The van der Waals surface area contributed by atoms with Crippen molar-refractivity contribution in [1.29, 1.82) is 5.26 Å². The number of methoxy groups -OCH3 is 1. The van der Waals surface area contributed by atoms with Gasteiger partial charge >= 0.3 is 0 Å². The fourth-order valence-electron chi connectivity index (χ4n) is 2.06. The molecule has 1 aromatic heterocycles. The maximum Gasteiger partial charge on any atom is 0.136 e. The minimum Gasteiger partial charge on any atom is -0.495 e. The number of benzene rings is 1. The maximum atomic E-state index is 8.97. The van der Waals surface area contributed by atoms with Gasteiger partial charge in [-0.25, -0.2) is 4.98 Å². The third-order valence-electron chi connectivity index (χ3n) is 3.01. The van der Waals surface area contributed by atoms with E-state index in [0.717, 1.165) is 30.8 Å². The summed E-state index contributed by atoms with van der Waals surface area (Å²) in [5, 5.41) is 8.97. The van der Waals surface area contributed by atoms with Gasteiger partial charge < -0.3 is 9.30 Å². The largest absolute Gasteiger partial charge is 0.495 e. The second-order valence-electron chi connectivity index (χ2n) is 4.37. The van der Waals surface area contributed by atoms with Crippen LogP contribution >= 0.6 is 0 Å². The molecule has 0 aliphatic heterocycles. The van der Waals surface area contributed by atoms with Gasteiger partial charge in [0, 0.05) is 25.4 Å². The second kappa shape index (κ2) is 6.05. The normalized spacial score (nSPS) is 10.2. The molecule has 4 heteroatoms. The van der Waals surface area contributed by atoms with Crippen molar-refractivity contribution in [2.24, 2.45) is 0 Å². The Morgan fingerprint density at radius 1 is 1.42 bits per heavy atom. The molecule has 2 rings (SSSR count). The van der Waals surface area contributed by atoms with Gasteiger partial charge in [0.1, 0.15) is 17.6 Å². The van der Waals surface area contributed by atoms with E-state index in [4.69, 9.17) is 10.00 Å². The number of nitrogens with zero attached hydrogens (tertiary/aromatic N) is 3. The van der Waals surface area contributed by atoms with Gasteiger partial charge in [0.2, 0.25) is 0 Å². The van der Waals surface area contributed by atoms with Crippen LogP contribution in [-0.2, 0) is 13.0 Å². The molecule has 0 aliphatic carbocycles. The monoisotopic (exact) mass is 255 g/mol. The van der Waals surface area contributed by atoms with E-state index in [2.05, 4.69) is 22.5 Å². The van der Waals surface area contributed by atoms with Crippen molar-refractivity contribution in [2.45, 2.75) is 26.3 Å². The standard InChI is InChI=1S/C15H17N3O/c1-3-4-15-17-7-8-18(15)11-12-5-6-13(10-16)14(9-12)19-2/h5-9H,3-4,11H2,1-2H3. The summed E-state index contributed by atoms with van der Waals surface area (Å²) in [6.45, 7) is 2.89. The summed E-state index contributed by atoms with van der Waals surface area (Å²) >= 11 is 0. The van der Waals surface area contributed by atoms with E-state index in [9.17, 15) is 0 Å². The minimum atomic E-state index is 0.561. The van der Waals surface area contributed by atoms with Crippen molar-refractivity contribution in [3.05, 3.63) is 47.5 Å². The fourth-order valence-corrected chi connectivity index (χ4v) is 2.06. The second-order valence-corrected chi connectivity index (χ2v) is 4.37. The summed E-state index contributed by atoms with van der Waals surface area (Å²) in [5.74, 6) is 1.71. The lowest BCUT2D eigenvalue weighted by molar-refractivity contribution is 0.412. The highest BCUT2D eigenvalue weighted by molar-refractivity contribution is 5.45. The quantitative estimate of drug-likeness (QED) is 0.825. The van der Waals surface area contributed by atoms with E-state index in [1.54, 1.807) is 13.2 Å². The Bertz CT molecular complexity index is 596. The van der Waals surface area contributed by atoms with Gasteiger partial charge in [-0.15, -0.1) is 0 Å². The Balaban J connectivity index is 2.24. The molecule has 1 heterocycles. The van der Waals surface area contributed by atoms with Crippen LogP contribution in [0.2, 0.25) is 0 Å². The van der Waals surface area contributed by atoms with Crippen molar-refractivity contribution in [2.75, 3.05) is 7.11 Å². The Hall–Kier alpha value is -2.28. The predicted molar refractivity (Wildman–Crippen MR) is 73.0 cm³/mol. The number of nitriles is 1. The molecule has 4 nitrogen and oxygen atoms in total. The molecule has 98 valence electrons. The zero-order valence-electron chi connectivity index (χ0n) is 11.3. The summed E-state index contributed by atoms with van der Waals surface area (Å²) in [5.41, 5.74) is 1.66. The van der Waals surface area contributed by atoms with Crippen molar-refractivity contribution in [3.8, 4) is 11.8 Å². The van der Waals surface area contributed by atoms with Crippen LogP contribution in [0.3, 0.4) is 0 Å². The SMILES string of the molecule is CCCc1nccn1Cc1ccc(C#N)c(OC)c1. The van der Waals surface area contributed by atoms with Crippen LogP contribution in [-0.4, -0.2) is 16.7 Å². The molecule has 0 aliphatic rings. The third-order valence-corrected chi connectivity index (χ3v) is 3.01. The summed E-state index contributed by atoms with van der Waals surface area (Å²) in [6, 6.07) is 7.78. The van der Waals surface area contributed by atoms with Gasteiger partial charge in [0.25, 0.3) is 0 Å². The number of rotatable bonds is 5. The van der Waals surface area contributed by atoms with Crippen LogP contribution in [0, 0.1) is 11.3 Å². The Labute approximate surface area is 113 Å². The average molecular weight is 255 g/mol. The Kier molecular flexibility index (Phi) is 4.19. The van der Waals surface area contributed by atoms with Gasteiger partial charge in [0.15, 0.2) is 0 Å². The number of hydrogen-bond acceptors (Lipinski definition) is 3. The van der Waals surface area contributed by atoms with Crippen molar-refractivity contribution < 1.29 is 4.74 Å². The van der Waals surface area contributed by atoms with Crippen LogP contribution in [0.5, 0.6) is 5.75 Å². The topological polar surface area (TPSA) is 50.8 Å². The molecule has 0 bridgehead atoms. The molecular weight excluding hydrogens is 238 g/mol. The third kappa shape index (κ3) is 2.94. The van der Waals surface area contributed by atoms with Crippen LogP contribution in [0.15, 0.2) is 30.6 Å². The first-order valence-corrected chi connectivity index (χ1v) is 6.35. The lowest BCUT2D eigenvalue weighted by Gasteiger charge is -2.09. The molecule has 0 spiro atoms. The highest BCUT2D eigenvalue weighted by Crippen LogP contribution is 2.20. The van der Waals surface area contributed by atoms with E-state index in [0.29, 0.717) is 11.3 Å². The molecule has 19 heavy (non-hydrogen) atoms. The highest BCUT2D eigenvalue weighted by Gasteiger charge is 2.06. The van der Waals surface area contributed by atoms with Gasteiger partial charge in [0.05, 0.1) is 12.7 Å². The van der Waals surface area contributed by atoms with Crippen molar-refractivity contribution in [1.82, 2.24) is 9.55 Å². The lowest BCUT2D eigenvalue weighted by atomic mass is 10.1. The van der Waals surface area contributed by atoms with Gasteiger partial charge in [-0.1, -0.05) is 13.0 Å². The molecule has 0 saturated carbocycles. The summed E-state index contributed by atoms with van der Waals surface area (Å²) in [7, 11) is 1.58. The van der Waals surface area contributed by atoms with Crippen molar-refractivity contribution >= 4 is 0 Å². The zero-order chi connectivity index (χ0) is 13.7. The highest BCUT2D eigenvalue weighted by atomic mass is 16.5. The first kappa shape index (κ1) is 13.2. The molecule has 2 aromatic rings. The number of aromatic nitrogens is 2. The Morgan fingerprint density at radius 3 is 2.95 bits per heavy atom. The zero-order valence-corrected chi connectivity index (χ0v) is 11.3. The molecule has 0 radical (unpaired) electrons. The first-order valence-electron chi connectivity index (χ1n) is 6.35. The summed E-state index contributed by atoms with van der Waals surface area (Å²) in [6.07, 6.45) is 5.86. The molecule has 0 unspecified atom stereocenters. The summed E-state index contributed by atoms with van der Waals surface area (Å²) < 4.78 is 7.36. The molecule has 0 fully saturated rings. The lowest BCUT2D eigenvalue weighted by Crippen LogP contribution is -2.04. The number of aryl methyl sites for hydroxylation is 1. The molecule has 0 amide bonds. The van der Waals surface area contributed by atoms with Crippen molar-refractivity contribution in [3.63, 3.8) is 0 Å². The van der Waals surface area contributed by atoms with Crippen LogP contribution in [0.1, 0.15) is 30.3 Å². The molecule has 0 atom stereocenters. The van der Waals surface area contributed by atoms with E-state index in [1.807, 2.05) is 24.5 Å². The van der Waals surface area contributed by atoms with E-state index >= 15 is 0 Å². The van der Waals surface area contributed by atoms with Gasteiger partial charge in [-0.05, 0) is 24.1 Å². The molecule has 1 aromatic carbocycles. The Morgan fingerprint density at radius 2 is 2.26 bits per heavy atom. The van der Waals surface area contributed by atoms with E-state index in [1.165, 1.54) is 0 Å². The number of hydrogen-bond donors (Lipinski definition) is 0. The fraction of sp³-hybridized carbons (Fsp3) is 0.333. The molecule has 0 N–H and O–H groups in total. The van der Waals surface area contributed by atoms with Gasteiger partial charge in [-0.3, -0.25) is 0 Å². The molecule has 0 saturated heterocycles. The average Bonchev–Trinajstić information content (AvgIpc) is 2.86. The number of ether oxygens (including phenoxy) is 1. The van der Waals surface area contributed by atoms with Crippen LogP contribution < -0.4 is 4.74 Å². The van der Waals surface area contributed by atoms with Gasteiger partial charge in [-0.2, -0.15) is 5.26 Å². The van der Waals surface area contributed by atoms with Crippen LogP contribution in [0.4, 0.5) is 0 Å². The number of imidazole rings is 1. The van der Waals surface area contributed by atoms with E-state index in [-0.39, 0.29) is 0 Å². The summed E-state index contributed by atoms with van der Waals surface area (Å²) in [4.78, 5) is 4.36.